The summed E-state index contributed by atoms with van der Waals surface area (Å²) in [6.45, 7) is 4.98. The molecule has 0 unspecified atom stereocenters. The van der Waals surface area contributed by atoms with Crippen molar-refractivity contribution in [2.75, 3.05) is 19.0 Å². The van der Waals surface area contributed by atoms with Gasteiger partial charge in [-0.2, -0.15) is 0 Å². The van der Waals surface area contributed by atoms with Crippen LogP contribution in [0.5, 0.6) is 5.75 Å². The molecule has 0 bridgehead atoms. The third-order valence-electron chi connectivity index (χ3n) is 5.50. The number of pyridine rings is 1. The Labute approximate surface area is 161 Å². The van der Waals surface area contributed by atoms with E-state index in [9.17, 15) is 4.79 Å². The molecule has 1 aliphatic carbocycles. The number of carbonyl (C=O) groups excluding carboxylic acids is 1. The van der Waals surface area contributed by atoms with Crippen molar-refractivity contribution in [3.8, 4) is 5.75 Å². The quantitative estimate of drug-likeness (QED) is 0.701. The number of fused-ring (bicyclic) bond motifs is 1. The molecule has 1 aliphatic rings. The molecule has 1 aromatic carbocycles. The van der Waals surface area contributed by atoms with Crippen LogP contribution in [0.4, 0.5) is 5.69 Å². The first-order chi connectivity index (χ1) is 13.1. The normalized spacial score (nSPS) is 22.6. The number of benzene rings is 1. The van der Waals surface area contributed by atoms with E-state index in [0.717, 1.165) is 60.9 Å². The molecule has 5 heteroatoms. The molecule has 1 heterocycles. The Kier molecular flexibility index (Phi) is 6.32. The topological polar surface area (TPSA) is 60.5 Å². The number of hydrogen-bond acceptors (Lipinski definition) is 4. The number of aromatic nitrogens is 1. The summed E-state index contributed by atoms with van der Waals surface area (Å²) < 4.78 is 11.6. The average molecular weight is 370 g/mol. The molecule has 2 atom stereocenters. The van der Waals surface area contributed by atoms with Gasteiger partial charge in [0.15, 0.2) is 0 Å². The summed E-state index contributed by atoms with van der Waals surface area (Å²) in [4.78, 5) is 17.6. The van der Waals surface area contributed by atoms with E-state index in [1.807, 2.05) is 24.3 Å². The van der Waals surface area contributed by atoms with Gasteiger partial charge in [-0.15, -0.1) is 0 Å². The van der Waals surface area contributed by atoms with Gasteiger partial charge in [-0.3, -0.25) is 9.78 Å². The molecule has 1 aromatic heterocycles. The van der Waals surface area contributed by atoms with Crippen LogP contribution in [0, 0.1) is 5.92 Å². The van der Waals surface area contributed by atoms with Gasteiger partial charge < -0.3 is 14.8 Å². The van der Waals surface area contributed by atoms with E-state index < -0.39 is 5.60 Å². The molecule has 0 spiro atoms. The third-order valence-corrected chi connectivity index (χ3v) is 5.50. The maximum Gasteiger partial charge on any atom is 0.256 e. The van der Waals surface area contributed by atoms with Crippen LogP contribution < -0.4 is 10.1 Å². The van der Waals surface area contributed by atoms with Crippen LogP contribution in [0.3, 0.4) is 0 Å². The molecule has 1 fully saturated rings. The number of unbranched alkanes of at least 4 members (excludes halogenated alkanes) is 1. The second-order valence-electron chi connectivity index (χ2n) is 7.57. The summed E-state index contributed by atoms with van der Waals surface area (Å²) in [5.74, 6) is 1.17. The Bertz CT molecular complexity index is 792. The molecule has 3 rings (SSSR count). The first kappa shape index (κ1) is 19.6. The number of hydrogen-bond donors (Lipinski definition) is 1. The van der Waals surface area contributed by atoms with Gasteiger partial charge in [0.25, 0.3) is 5.91 Å². The molecular formula is C22H30N2O3. The highest BCUT2D eigenvalue weighted by Gasteiger charge is 2.42. The maximum atomic E-state index is 13.1. The zero-order chi connectivity index (χ0) is 19.3. The molecule has 2 aromatic rings. The lowest BCUT2D eigenvalue weighted by molar-refractivity contribution is -0.143. The first-order valence-electron chi connectivity index (χ1n) is 9.97. The van der Waals surface area contributed by atoms with E-state index in [1.165, 1.54) is 0 Å². The summed E-state index contributed by atoms with van der Waals surface area (Å²) in [6.07, 6.45) is 7.50. The Morgan fingerprint density at radius 3 is 2.96 bits per heavy atom. The van der Waals surface area contributed by atoms with Gasteiger partial charge in [0.05, 0.1) is 12.3 Å². The first-order valence-corrected chi connectivity index (χ1v) is 9.97. The summed E-state index contributed by atoms with van der Waals surface area (Å²) in [5, 5.41) is 3.99. The number of amides is 1. The molecular weight excluding hydrogens is 340 g/mol. The van der Waals surface area contributed by atoms with Crippen LogP contribution in [0.25, 0.3) is 10.9 Å². The lowest BCUT2D eigenvalue weighted by Gasteiger charge is -2.37. The summed E-state index contributed by atoms with van der Waals surface area (Å²) in [6, 6.07) is 7.64. The van der Waals surface area contributed by atoms with Crippen molar-refractivity contribution < 1.29 is 14.3 Å². The zero-order valence-corrected chi connectivity index (χ0v) is 16.6. The number of nitrogens with one attached hydrogen (secondary N) is 1. The van der Waals surface area contributed by atoms with E-state index in [0.29, 0.717) is 12.5 Å². The van der Waals surface area contributed by atoms with Crippen molar-refractivity contribution in [3.05, 3.63) is 30.5 Å². The Balaban J connectivity index is 1.86. The van der Waals surface area contributed by atoms with Crippen molar-refractivity contribution in [2.24, 2.45) is 5.92 Å². The van der Waals surface area contributed by atoms with Crippen LogP contribution in [-0.2, 0) is 9.53 Å². The summed E-state index contributed by atoms with van der Waals surface area (Å²) in [7, 11) is 1.64. The maximum absolute atomic E-state index is 13.1. The SMILES string of the molecule is CCCCOc1ccc(NC(=O)[C@]2(OC)CCC[C@H](C)C2)c2cccnc12. The number of carbonyl (C=O) groups is 1. The van der Waals surface area contributed by atoms with Crippen molar-refractivity contribution in [1.29, 1.82) is 0 Å². The Morgan fingerprint density at radius 1 is 1.37 bits per heavy atom. The van der Waals surface area contributed by atoms with Crippen molar-refractivity contribution in [3.63, 3.8) is 0 Å². The standard InChI is InChI=1S/C22H30N2O3/c1-4-5-14-27-19-11-10-18(17-9-7-13-23-20(17)19)24-21(25)22(26-3)12-6-8-16(2)15-22/h7,9-11,13,16H,4-6,8,12,14-15H2,1-3H3,(H,24,25)/t16-,22-/m0/s1. The van der Waals surface area contributed by atoms with Gasteiger partial charge in [0.1, 0.15) is 16.9 Å². The molecule has 0 aliphatic heterocycles. The van der Waals surface area contributed by atoms with Crippen molar-refractivity contribution >= 4 is 22.5 Å². The molecule has 1 N–H and O–H groups in total. The largest absolute Gasteiger partial charge is 0.491 e. The number of anilines is 1. The second kappa shape index (κ2) is 8.70. The Hall–Kier alpha value is -2.14. The van der Waals surface area contributed by atoms with Gasteiger partial charge in [-0.25, -0.2) is 0 Å². The van der Waals surface area contributed by atoms with E-state index in [2.05, 4.69) is 24.1 Å². The fraction of sp³-hybridized carbons (Fsp3) is 0.545. The molecule has 1 amide bonds. The number of rotatable bonds is 7. The number of ether oxygens (including phenoxy) is 2. The van der Waals surface area contributed by atoms with Crippen molar-refractivity contribution in [2.45, 2.75) is 58.0 Å². The highest BCUT2D eigenvalue weighted by atomic mass is 16.5. The van der Waals surface area contributed by atoms with E-state index in [1.54, 1.807) is 13.3 Å². The minimum atomic E-state index is -0.748. The third kappa shape index (κ3) is 4.24. The monoisotopic (exact) mass is 370 g/mol. The molecule has 5 nitrogen and oxygen atoms in total. The summed E-state index contributed by atoms with van der Waals surface area (Å²) in [5.41, 5.74) is 0.776. The van der Waals surface area contributed by atoms with Crippen LogP contribution in [-0.4, -0.2) is 30.2 Å². The molecule has 146 valence electrons. The highest BCUT2D eigenvalue weighted by Crippen LogP contribution is 2.37. The van der Waals surface area contributed by atoms with Crippen LogP contribution in [0.1, 0.15) is 52.4 Å². The molecule has 1 saturated carbocycles. The number of methoxy groups -OCH3 is 1. The average Bonchev–Trinajstić information content (AvgIpc) is 2.69. The lowest BCUT2D eigenvalue weighted by Crippen LogP contribution is -2.47. The number of nitrogens with zero attached hydrogens (tertiary/aromatic N) is 1. The van der Waals surface area contributed by atoms with E-state index >= 15 is 0 Å². The van der Waals surface area contributed by atoms with Crippen molar-refractivity contribution in [1.82, 2.24) is 4.98 Å². The molecule has 0 radical (unpaired) electrons. The van der Waals surface area contributed by atoms with Crippen LogP contribution >= 0.6 is 0 Å². The second-order valence-corrected chi connectivity index (χ2v) is 7.57. The van der Waals surface area contributed by atoms with Gasteiger partial charge >= 0.3 is 0 Å². The van der Waals surface area contributed by atoms with Gasteiger partial charge in [-0.1, -0.05) is 26.7 Å². The lowest BCUT2D eigenvalue weighted by atomic mass is 9.78. The predicted molar refractivity (Wildman–Crippen MR) is 108 cm³/mol. The van der Waals surface area contributed by atoms with Crippen LogP contribution in [0.2, 0.25) is 0 Å². The van der Waals surface area contributed by atoms with Gasteiger partial charge in [0, 0.05) is 18.7 Å². The predicted octanol–water partition coefficient (Wildman–Crippen LogP) is 4.95. The van der Waals surface area contributed by atoms with Gasteiger partial charge in [0.2, 0.25) is 0 Å². The summed E-state index contributed by atoms with van der Waals surface area (Å²) >= 11 is 0. The minimum absolute atomic E-state index is 0.0682. The fourth-order valence-corrected chi connectivity index (χ4v) is 3.92. The van der Waals surface area contributed by atoms with E-state index in [4.69, 9.17) is 9.47 Å². The van der Waals surface area contributed by atoms with Crippen LogP contribution in [0.15, 0.2) is 30.5 Å². The molecule has 27 heavy (non-hydrogen) atoms. The zero-order valence-electron chi connectivity index (χ0n) is 16.6. The Morgan fingerprint density at radius 2 is 2.22 bits per heavy atom. The smallest absolute Gasteiger partial charge is 0.256 e. The highest BCUT2D eigenvalue weighted by molar-refractivity contribution is 6.05. The fourth-order valence-electron chi connectivity index (χ4n) is 3.92. The molecule has 0 saturated heterocycles. The van der Waals surface area contributed by atoms with Gasteiger partial charge in [-0.05, 0) is 55.9 Å². The minimum Gasteiger partial charge on any atom is -0.491 e. The van der Waals surface area contributed by atoms with E-state index in [-0.39, 0.29) is 5.91 Å².